The second-order valence-corrected chi connectivity index (χ2v) is 5.95. The molecular weight excluding hydrogens is 248 g/mol. The van der Waals surface area contributed by atoms with Crippen LogP contribution in [0.2, 0.25) is 0 Å². The number of aliphatic hydroxyl groups excluding tert-OH is 1. The van der Waals surface area contributed by atoms with Gasteiger partial charge in [-0.2, -0.15) is 0 Å². The first-order chi connectivity index (χ1) is 9.69. The molecular formula is C18H22O2. The van der Waals surface area contributed by atoms with Crippen molar-refractivity contribution in [3.05, 3.63) is 59.0 Å². The number of hydrogen-bond acceptors (Lipinski definition) is 2. The summed E-state index contributed by atoms with van der Waals surface area (Å²) in [7, 11) is 0. The van der Waals surface area contributed by atoms with E-state index in [4.69, 9.17) is 4.42 Å². The van der Waals surface area contributed by atoms with Crippen molar-refractivity contribution in [2.45, 2.75) is 45.1 Å². The van der Waals surface area contributed by atoms with Crippen molar-refractivity contribution in [3.8, 4) is 0 Å². The summed E-state index contributed by atoms with van der Waals surface area (Å²) in [5.41, 5.74) is 2.21. The predicted molar refractivity (Wildman–Crippen MR) is 79.7 cm³/mol. The maximum atomic E-state index is 10.4. The minimum absolute atomic E-state index is 0.558. The van der Waals surface area contributed by atoms with Crippen LogP contribution in [-0.2, 0) is 6.42 Å². The molecule has 0 radical (unpaired) electrons. The van der Waals surface area contributed by atoms with Crippen LogP contribution in [0.4, 0.5) is 0 Å². The van der Waals surface area contributed by atoms with Gasteiger partial charge in [0.25, 0.3) is 0 Å². The summed E-state index contributed by atoms with van der Waals surface area (Å²) < 4.78 is 5.82. The van der Waals surface area contributed by atoms with Gasteiger partial charge in [-0.3, -0.25) is 0 Å². The molecule has 1 aromatic carbocycles. The van der Waals surface area contributed by atoms with E-state index < -0.39 is 6.10 Å². The van der Waals surface area contributed by atoms with E-state index in [-0.39, 0.29) is 0 Å². The molecule has 2 nitrogen and oxygen atoms in total. The first-order valence-electron chi connectivity index (χ1n) is 7.55. The molecule has 1 aromatic heterocycles. The maximum absolute atomic E-state index is 10.4. The summed E-state index contributed by atoms with van der Waals surface area (Å²) >= 11 is 0. The molecule has 1 saturated carbocycles. The fourth-order valence-corrected chi connectivity index (χ4v) is 2.75. The van der Waals surface area contributed by atoms with Crippen LogP contribution in [0.25, 0.3) is 0 Å². The van der Waals surface area contributed by atoms with E-state index in [0.29, 0.717) is 11.7 Å². The Hall–Kier alpha value is -1.54. The van der Waals surface area contributed by atoms with Crippen molar-refractivity contribution >= 4 is 0 Å². The van der Waals surface area contributed by atoms with Crippen LogP contribution in [0, 0.1) is 5.92 Å². The number of hydrogen-bond donors (Lipinski definition) is 1. The van der Waals surface area contributed by atoms with E-state index in [1.807, 2.05) is 24.3 Å². The molecule has 0 aliphatic heterocycles. The Bertz CT molecular complexity index is 567. The fourth-order valence-electron chi connectivity index (χ4n) is 2.75. The van der Waals surface area contributed by atoms with Gasteiger partial charge in [0.2, 0.25) is 0 Å². The molecule has 1 heterocycles. The number of furan rings is 1. The molecule has 1 fully saturated rings. The Kier molecular flexibility index (Phi) is 3.66. The van der Waals surface area contributed by atoms with Crippen molar-refractivity contribution < 1.29 is 9.52 Å². The minimum atomic E-state index is -0.659. The molecule has 3 atom stereocenters. The van der Waals surface area contributed by atoms with Crippen molar-refractivity contribution in [1.29, 1.82) is 0 Å². The number of aryl methyl sites for hydroxylation is 1. The number of aliphatic hydroxyl groups is 1. The zero-order valence-corrected chi connectivity index (χ0v) is 12.2. The lowest BCUT2D eigenvalue weighted by Gasteiger charge is -2.09. The second-order valence-electron chi connectivity index (χ2n) is 5.95. The molecule has 0 spiro atoms. The fraction of sp³-hybridized carbons (Fsp3) is 0.444. The smallest absolute Gasteiger partial charge is 0.137 e. The number of benzene rings is 1. The molecule has 20 heavy (non-hydrogen) atoms. The van der Waals surface area contributed by atoms with Crippen LogP contribution in [0.1, 0.15) is 61.4 Å². The SMILES string of the molecule is CCCc1ccc(C(O)c2ccc(C3CC3C)o2)cc1. The molecule has 1 aliphatic carbocycles. The second kappa shape index (κ2) is 5.45. The van der Waals surface area contributed by atoms with Crippen molar-refractivity contribution in [1.82, 2.24) is 0 Å². The van der Waals surface area contributed by atoms with Gasteiger partial charge in [-0.05, 0) is 42.0 Å². The van der Waals surface area contributed by atoms with Gasteiger partial charge in [-0.15, -0.1) is 0 Å². The monoisotopic (exact) mass is 270 g/mol. The standard InChI is InChI=1S/C18H22O2/c1-3-4-13-5-7-14(8-6-13)18(19)17-10-9-16(20-17)15-11-12(15)2/h5-10,12,15,18-19H,3-4,11H2,1-2H3. The molecule has 106 valence electrons. The lowest BCUT2D eigenvalue weighted by molar-refractivity contribution is 0.186. The molecule has 3 rings (SSSR count). The summed E-state index contributed by atoms with van der Waals surface area (Å²) in [6.07, 6.45) is 2.77. The van der Waals surface area contributed by atoms with Gasteiger partial charge in [0.05, 0.1) is 0 Å². The zero-order valence-electron chi connectivity index (χ0n) is 12.2. The van der Waals surface area contributed by atoms with Gasteiger partial charge < -0.3 is 9.52 Å². The van der Waals surface area contributed by atoms with Crippen molar-refractivity contribution in [2.24, 2.45) is 5.92 Å². The van der Waals surface area contributed by atoms with Crippen molar-refractivity contribution in [2.75, 3.05) is 0 Å². The summed E-state index contributed by atoms with van der Waals surface area (Å²) in [6.45, 7) is 4.40. The molecule has 3 unspecified atom stereocenters. The quantitative estimate of drug-likeness (QED) is 0.871. The first-order valence-corrected chi connectivity index (χ1v) is 7.55. The van der Waals surface area contributed by atoms with Gasteiger partial charge in [0, 0.05) is 5.92 Å². The summed E-state index contributed by atoms with van der Waals surface area (Å²) in [5, 5.41) is 10.4. The average molecular weight is 270 g/mol. The zero-order chi connectivity index (χ0) is 14.1. The van der Waals surface area contributed by atoms with Crippen LogP contribution in [0.5, 0.6) is 0 Å². The first kappa shape index (κ1) is 13.4. The van der Waals surface area contributed by atoms with Crippen LogP contribution in [0.15, 0.2) is 40.8 Å². The van der Waals surface area contributed by atoms with Gasteiger partial charge in [-0.1, -0.05) is 44.5 Å². The highest BCUT2D eigenvalue weighted by Crippen LogP contribution is 2.47. The Morgan fingerprint density at radius 2 is 1.90 bits per heavy atom. The third-order valence-corrected chi connectivity index (χ3v) is 4.23. The van der Waals surface area contributed by atoms with Crippen LogP contribution < -0.4 is 0 Å². The van der Waals surface area contributed by atoms with E-state index in [0.717, 1.165) is 30.1 Å². The minimum Gasteiger partial charge on any atom is -0.463 e. The van der Waals surface area contributed by atoms with Crippen LogP contribution in [-0.4, -0.2) is 5.11 Å². The lowest BCUT2D eigenvalue weighted by Crippen LogP contribution is -1.98. The third kappa shape index (κ3) is 2.66. The van der Waals surface area contributed by atoms with E-state index >= 15 is 0 Å². The van der Waals surface area contributed by atoms with Gasteiger partial charge in [-0.25, -0.2) is 0 Å². The van der Waals surface area contributed by atoms with Crippen LogP contribution in [0.3, 0.4) is 0 Å². The van der Waals surface area contributed by atoms with E-state index in [2.05, 4.69) is 26.0 Å². The predicted octanol–water partition coefficient (Wildman–Crippen LogP) is 4.44. The average Bonchev–Trinajstić information content (AvgIpc) is 3.01. The molecule has 0 amide bonds. The normalized spacial score (nSPS) is 22.8. The van der Waals surface area contributed by atoms with E-state index in [1.165, 1.54) is 12.0 Å². The Balaban J connectivity index is 1.74. The lowest BCUT2D eigenvalue weighted by atomic mass is 10.0. The molecule has 0 saturated heterocycles. The highest BCUT2D eigenvalue weighted by Gasteiger charge is 2.36. The molecule has 2 heteroatoms. The van der Waals surface area contributed by atoms with Crippen molar-refractivity contribution in [3.63, 3.8) is 0 Å². The largest absolute Gasteiger partial charge is 0.463 e. The Labute approximate surface area is 120 Å². The Morgan fingerprint density at radius 1 is 1.20 bits per heavy atom. The summed E-state index contributed by atoms with van der Waals surface area (Å²) in [6, 6.07) is 12.1. The molecule has 2 aromatic rings. The van der Waals surface area contributed by atoms with Crippen LogP contribution >= 0.6 is 0 Å². The Morgan fingerprint density at radius 3 is 2.50 bits per heavy atom. The van der Waals surface area contributed by atoms with E-state index in [1.54, 1.807) is 0 Å². The summed E-state index contributed by atoms with van der Waals surface area (Å²) in [4.78, 5) is 0. The summed E-state index contributed by atoms with van der Waals surface area (Å²) in [5.74, 6) is 2.96. The highest BCUT2D eigenvalue weighted by atomic mass is 16.4. The molecule has 1 N–H and O–H groups in total. The number of rotatable bonds is 5. The topological polar surface area (TPSA) is 33.4 Å². The molecule has 1 aliphatic rings. The van der Waals surface area contributed by atoms with Gasteiger partial charge in [0.1, 0.15) is 17.6 Å². The maximum Gasteiger partial charge on any atom is 0.137 e. The molecule has 0 bridgehead atoms. The third-order valence-electron chi connectivity index (χ3n) is 4.23. The highest BCUT2D eigenvalue weighted by molar-refractivity contribution is 5.29. The van der Waals surface area contributed by atoms with Gasteiger partial charge >= 0.3 is 0 Å². The van der Waals surface area contributed by atoms with Gasteiger partial charge in [0.15, 0.2) is 0 Å². The van der Waals surface area contributed by atoms with E-state index in [9.17, 15) is 5.11 Å².